The van der Waals surface area contributed by atoms with Gasteiger partial charge in [0.05, 0.1) is 22.6 Å². The Morgan fingerprint density at radius 3 is 1.76 bits per heavy atom. The van der Waals surface area contributed by atoms with Crippen molar-refractivity contribution in [1.82, 2.24) is 15.0 Å². The molecule has 0 aliphatic carbocycles. The van der Waals surface area contributed by atoms with E-state index in [4.69, 9.17) is 15.0 Å². The Hall–Kier alpha value is -5.71. The van der Waals surface area contributed by atoms with Crippen LogP contribution in [0.15, 0.2) is 152 Å². The van der Waals surface area contributed by atoms with Crippen molar-refractivity contribution in [2.45, 2.75) is 0 Å². The zero-order valence-electron chi connectivity index (χ0n) is 24.2. The van der Waals surface area contributed by atoms with Gasteiger partial charge in [-0.2, -0.15) is 0 Å². The number of hydrogen-bond acceptors (Lipinski definition) is 4. The van der Waals surface area contributed by atoms with Gasteiger partial charge in [-0.1, -0.05) is 127 Å². The van der Waals surface area contributed by atoms with Crippen molar-refractivity contribution in [3.8, 4) is 45.2 Å². The molecule has 0 aliphatic rings. The minimum atomic E-state index is 0.704. The molecule has 0 radical (unpaired) electrons. The highest BCUT2D eigenvalue weighted by Gasteiger charge is 2.18. The third-order valence-corrected chi connectivity index (χ3v) is 9.60. The van der Waals surface area contributed by atoms with E-state index in [1.807, 2.05) is 47.7 Å². The van der Waals surface area contributed by atoms with Gasteiger partial charge < -0.3 is 0 Å². The molecule has 0 fully saturated rings. The third-order valence-electron chi connectivity index (χ3n) is 8.47. The maximum atomic E-state index is 5.35. The molecule has 4 heteroatoms. The molecule has 9 rings (SSSR count). The fraction of sp³-hybridized carbons (Fsp3) is 0. The van der Waals surface area contributed by atoms with Gasteiger partial charge in [-0.05, 0) is 24.3 Å². The average molecular weight is 592 g/mol. The lowest BCUT2D eigenvalue weighted by atomic mass is 9.95. The lowest BCUT2D eigenvalue weighted by molar-refractivity contribution is 1.18. The number of nitrogens with zero attached hydrogens (tertiary/aromatic N) is 3. The average Bonchev–Trinajstić information content (AvgIpc) is 3.51. The molecule has 0 unspecified atom stereocenters. The Labute approximate surface area is 264 Å². The van der Waals surface area contributed by atoms with E-state index in [9.17, 15) is 0 Å². The minimum absolute atomic E-state index is 0.704. The molecule has 0 aliphatic heterocycles. The molecule has 0 bridgehead atoms. The Morgan fingerprint density at radius 2 is 1.00 bits per heavy atom. The molecule has 0 spiro atoms. The fourth-order valence-electron chi connectivity index (χ4n) is 6.35. The van der Waals surface area contributed by atoms with Crippen LogP contribution in [0.3, 0.4) is 0 Å². The lowest BCUT2D eigenvalue weighted by Crippen LogP contribution is -1.96. The van der Waals surface area contributed by atoms with Gasteiger partial charge in [0.25, 0.3) is 0 Å². The van der Waals surface area contributed by atoms with Crippen LogP contribution in [-0.2, 0) is 0 Å². The van der Waals surface area contributed by atoms with Crippen molar-refractivity contribution in [3.63, 3.8) is 0 Å². The van der Waals surface area contributed by atoms with Crippen LogP contribution in [0.4, 0.5) is 0 Å². The van der Waals surface area contributed by atoms with Crippen LogP contribution in [-0.4, -0.2) is 15.0 Å². The number of hydrogen-bond donors (Lipinski definition) is 0. The quantitative estimate of drug-likeness (QED) is 0.191. The molecule has 0 N–H and O–H groups in total. The van der Waals surface area contributed by atoms with Gasteiger partial charge in [0, 0.05) is 58.6 Å². The first-order valence-electron chi connectivity index (χ1n) is 15.0. The van der Waals surface area contributed by atoms with E-state index < -0.39 is 0 Å². The SMILES string of the molecule is c1ccc(-c2cc(-c3ccc4c(c3)nc(-c3ccccc3)c3ccc5sc6ccccc6c5c34)nc(-c3ccccc3)n2)cc1. The van der Waals surface area contributed by atoms with Crippen molar-refractivity contribution in [3.05, 3.63) is 152 Å². The lowest BCUT2D eigenvalue weighted by Gasteiger charge is -2.13. The molecule has 3 heterocycles. The number of pyridine rings is 1. The standard InChI is InChI=1S/C41H25N3S/c1-4-12-26(13-5-1)33-25-34(44-41(43-33)28-16-8-3-9-17-28)29-20-21-30-35(24-29)42-40(27-14-6-2-7-15-27)32-22-23-37-39(38(30)32)31-18-10-11-19-36(31)45-37/h1-25H. The zero-order valence-corrected chi connectivity index (χ0v) is 25.0. The summed E-state index contributed by atoms with van der Waals surface area (Å²) in [7, 11) is 0. The summed E-state index contributed by atoms with van der Waals surface area (Å²) in [6.45, 7) is 0. The molecule has 0 atom stereocenters. The van der Waals surface area contributed by atoms with Crippen LogP contribution >= 0.6 is 11.3 Å². The van der Waals surface area contributed by atoms with Gasteiger partial charge in [-0.15, -0.1) is 11.3 Å². The summed E-state index contributed by atoms with van der Waals surface area (Å²) in [4.78, 5) is 15.4. The van der Waals surface area contributed by atoms with Crippen molar-refractivity contribution < 1.29 is 0 Å². The summed E-state index contributed by atoms with van der Waals surface area (Å²) in [5.74, 6) is 0.704. The second-order valence-corrected chi connectivity index (χ2v) is 12.3. The molecule has 3 nitrogen and oxygen atoms in total. The normalized spacial score (nSPS) is 11.6. The van der Waals surface area contributed by atoms with Crippen LogP contribution < -0.4 is 0 Å². The molecule has 6 aromatic carbocycles. The Bertz CT molecular complexity index is 2460. The second-order valence-electron chi connectivity index (χ2n) is 11.2. The van der Waals surface area contributed by atoms with E-state index >= 15 is 0 Å². The molecule has 45 heavy (non-hydrogen) atoms. The van der Waals surface area contributed by atoms with Crippen molar-refractivity contribution in [2.75, 3.05) is 0 Å². The predicted molar refractivity (Wildman–Crippen MR) is 189 cm³/mol. The number of fused-ring (bicyclic) bond motifs is 7. The highest BCUT2D eigenvalue weighted by molar-refractivity contribution is 7.26. The van der Waals surface area contributed by atoms with Gasteiger partial charge in [-0.25, -0.2) is 15.0 Å². The topological polar surface area (TPSA) is 38.7 Å². The predicted octanol–water partition coefficient (Wildman–Crippen LogP) is 11.2. The van der Waals surface area contributed by atoms with Gasteiger partial charge in [0.2, 0.25) is 0 Å². The van der Waals surface area contributed by atoms with Crippen LogP contribution in [0.5, 0.6) is 0 Å². The molecule has 9 aromatic rings. The summed E-state index contributed by atoms with van der Waals surface area (Å²) >= 11 is 1.85. The van der Waals surface area contributed by atoms with E-state index in [0.29, 0.717) is 5.82 Å². The highest BCUT2D eigenvalue weighted by Crippen LogP contribution is 2.44. The van der Waals surface area contributed by atoms with Gasteiger partial charge in [-0.3, -0.25) is 0 Å². The monoisotopic (exact) mass is 591 g/mol. The maximum absolute atomic E-state index is 5.35. The number of thiophene rings is 1. The van der Waals surface area contributed by atoms with Crippen LogP contribution in [0.25, 0.3) is 87.0 Å². The van der Waals surface area contributed by atoms with Gasteiger partial charge in [0.1, 0.15) is 0 Å². The van der Waals surface area contributed by atoms with Gasteiger partial charge >= 0.3 is 0 Å². The summed E-state index contributed by atoms with van der Waals surface area (Å²) in [6, 6.07) is 52.9. The maximum Gasteiger partial charge on any atom is 0.160 e. The largest absolute Gasteiger partial charge is 0.247 e. The van der Waals surface area contributed by atoms with E-state index in [1.54, 1.807) is 0 Å². The van der Waals surface area contributed by atoms with E-state index in [0.717, 1.165) is 55.6 Å². The highest BCUT2D eigenvalue weighted by atomic mass is 32.1. The molecular weight excluding hydrogens is 567 g/mol. The second kappa shape index (κ2) is 10.5. The fourth-order valence-corrected chi connectivity index (χ4v) is 7.47. The molecule has 210 valence electrons. The van der Waals surface area contributed by atoms with Crippen LogP contribution in [0.2, 0.25) is 0 Å². The minimum Gasteiger partial charge on any atom is -0.247 e. The Kier molecular flexibility index (Phi) is 6.00. The summed E-state index contributed by atoms with van der Waals surface area (Å²) in [6.07, 6.45) is 0. The number of benzene rings is 6. The third kappa shape index (κ3) is 4.38. The summed E-state index contributed by atoms with van der Waals surface area (Å²) in [5.41, 5.74) is 7.85. The van der Waals surface area contributed by atoms with Crippen molar-refractivity contribution in [1.29, 1.82) is 0 Å². The van der Waals surface area contributed by atoms with Crippen LogP contribution in [0.1, 0.15) is 0 Å². The van der Waals surface area contributed by atoms with Crippen molar-refractivity contribution >= 4 is 53.2 Å². The smallest absolute Gasteiger partial charge is 0.160 e. The Balaban J connectivity index is 1.34. The molecule has 0 saturated heterocycles. The van der Waals surface area contributed by atoms with Crippen LogP contribution in [0, 0.1) is 0 Å². The molecule has 0 amide bonds. The first-order valence-corrected chi connectivity index (χ1v) is 15.9. The van der Waals surface area contributed by atoms with E-state index in [-0.39, 0.29) is 0 Å². The Morgan fingerprint density at radius 1 is 0.378 bits per heavy atom. The zero-order chi connectivity index (χ0) is 29.7. The first kappa shape index (κ1) is 25.8. The number of rotatable bonds is 4. The summed E-state index contributed by atoms with van der Waals surface area (Å²) < 4.78 is 2.58. The number of aromatic nitrogens is 3. The molecular formula is C41H25N3S. The van der Waals surface area contributed by atoms with E-state index in [2.05, 4.69) is 115 Å². The molecule has 3 aromatic heterocycles. The van der Waals surface area contributed by atoms with E-state index in [1.165, 1.54) is 25.6 Å². The first-order chi connectivity index (χ1) is 22.3. The van der Waals surface area contributed by atoms with Crippen molar-refractivity contribution in [2.24, 2.45) is 0 Å². The van der Waals surface area contributed by atoms with Gasteiger partial charge in [0.15, 0.2) is 5.82 Å². The summed E-state index contributed by atoms with van der Waals surface area (Å²) in [5, 5.41) is 6.14. The molecule has 0 saturated carbocycles.